The van der Waals surface area contributed by atoms with E-state index in [-0.39, 0.29) is 11.9 Å². The maximum Gasteiger partial charge on any atom is 0.339 e. The van der Waals surface area contributed by atoms with Crippen molar-refractivity contribution in [2.24, 2.45) is 0 Å². The van der Waals surface area contributed by atoms with Crippen molar-refractivity contribution in [3.8, 4) is 0 Å². The summed E-state index contributed by atoms with van der Waals surface area (Å²) in [5.41, 5.74) is 2.22. The number of hydrogen-bond acceptors (Lipinski definition) is 5. The van der Waals surface area contributed by atoms with E-state index < -0.39 is 12.1 Å². The highest BCUT2D eigenvalue weighted by molar-refractivity contribution is 7.09. The first kappa shape index (κ1) is 16.6. The minimum absolute atomic E-state index is 0.225. The number of amides is 1. The Balaban J connectivity index is 1.68. The summed E-state index contributed by atoms with van der Waals surface area (Å²) >= 11 is 1.59. The van der Waals surface area contributed by atoms with Crippen molar-refractivity contribution in [1.82, 2.24) is 10.3 Å². The number of carbonyl (C=O) groups excluding carboxylic acids is 2. The molecule has 2 atom stereocenters. The number of thiazole rings is 1. The zero-order valence-corrected chi connectivity index (χ0v) is 14.7. The first-order chi connectivity index (χ1) is 11.5. The number of esters is 1. The van der Waals surface area contributed by atoms with Gasteiger partial charge in [0.25, 0.3) is 5.91 Å². The van der Waals surface area contributed by atoms with Crippen LogP contribution in [0.4, 0.5) is 0 Å². The summed E-state index contributed by atoms with van der Waals surface area (Å²) in [5, 5.41) is 5.90. The van der Waals surface area contributed by atoms with Gasteiger partial charge in [-0.25, -0.2) is 9.78 Å². The van der Waals surface area contributed by atoms with Crippen molar-refractivity contribution in [3.05, 3.63) is 51.5 Å². The van der Waals surface area contributed by atoms with Gasteiger partial charge in [-0.1, -0.05) is 32.0 Å². The SMILES string of the molecule is CC(C)c1nc([C@@H](C)NC(=O)[C@H]2Cc3ccccc3C(=O)O2)cs1. The summed E-state index contributed by atoms with van der Waals surface area (Å²) < 4.78 is 5.29. The smallest absolute Gasteiger partial charge is 0.339 e. The molecule has 1 aromatic heterocycles. The molecule has 24 heavy (non-hydrogen) atoms. The topological polar surface area (TPSA) is 68.3 Å². The van der Waals surface area contributed by atoms with Crippen molar-refractivity contribution in [2.75, 3.05) is 0 Å². The predicted octanol–water partition coefficient (Wildman–Crippen LogP) is 3.23. The molecule has 1 N–H and O–H groups in total. The van der Waals surface area contributed by atoms with Crippen LogP contribution >= 0.6 is 11.3 Å². The summed E-state index contributed by atoms with van der Waals surface area (Å²) in [5.74, 6) is -0.368. The highest BCUT2D eigenvalue weighted by Crippen LogP contribution is 2.24. The molecule has 0 saturated heterocycles. The molecular weight excluding hydrogens is 324 g/mol. The molecule has 0 radical (unpaired) electrons. The maximum atomic E-state index is 12.5. The fourth-order valence-electron chi connectivity index (χ4n) is 2.62. The molecule has 1 amide bonds. The van der Waals surface area contributed by atoms with E-state index in [0.29, 0.717) is 17.9 Å². The van der Waals surface area contributed by atoms with Crippen LogP contribution in [0.2, 0.25) is 0 Å². The van der Waals surface area contributed by atoms with Crippen molar-refractivity contribution in [1.29, 1.82) is 0 Å². The fraction of sp³-hybridized carbons (Fsp3) is 0.389. The summed E-state index contributed by atoms with van der Waals surface area (Å²) in [4.78, 5) is 29.0. The number of hydrogen-bond donors (Lipinski definition) is 1. The van der Waals surface area contributed by atoms with Crippen LogP contribution in [-0.2, 0) is 16.0 Å². The van der Waals surface area contributed by atoms with E-state index >= 15 is 0 Å². The average molecular weight is 344 g/mol. The van der Waals surface area contributed by atoms with Gasteiger partial charge < -0.3 is 10.1 Å². The third-order valence-corrected chi connectivity index (χ3v) is 5.18. The number of nitrogens with zero attached hydrogens (tertiary/aromatic N) is 1. The normalized spacial score (nSPS) is 18.0. The van der Waals surface area contributed by atoms with Gasteiger partial charge in [0.2, 0.25) is 0 Å². The Morgan fingerprint density at radius 1 is 1.33 bits per heavy atom. The Hall–Kier alpha value is -2.21. The number of ether oxygens (including phenoxy) is 1. The van der Waals surface area contributed by atoms with E-state index in [1.807, 2.05) is 24.4 Å². The maximum absolute atomic E-state index is 12.5. The molecule has 0 bridgehead atoms. The third-order valence-electron chi connectivity index (χ3n) is 4.02. The molecule has 5 nitrogen and oxygen atoms in total. The molecule has 0 aliphatic carbocycles. The molecule has 0 unspecified atom stereocenters. The zero-order valence-electron chi connectivity index (χ0n) is 13.9. The highest BCUT2D eigenvalue weighted by atomic mass is 32.1. The molecule has 1 aliphatic heterocycles. The van der Waals surface area contributed by atoms with Crippen LogP contribution in [-0.4, -0.2) is 23.0 Å². The van der Waals surface area contributed by atoms with Gasteiger partial charge in [-0.15, -0.1) is 11.3 Å². The largest absolute Gasteiger partial charge is 0.448 e. The lowest BCUT2D eigenvalue weighted by Crippen LogP contribution is -2.42. The van der Waals surface area contributed by atoms with Gasteiger partial charge in [-0.3, -0.25) is 4.79 Å². The lowest BCUT2D eigenvalue weighted by molar-refractivity contribution is -0.131. The average Bonchev–Trinajstić information content (AvgIpc) is 3.05. The molecule has 0 fully saturated rings. The zero-order chi connectivity index (χ0) is 17.3. The Morgan fingerprint density at radius 2 is 2.08 bits per heavy atom. The Kier molecular flexibility index (Phi) is 4.66. The van der Waals surface area contributed by atoms with Crippen LogP contribution in [0.15, 0.2) is 29.6 Å². The molecule has 3 rings (SSSR count). The predicted molar refractivity (Wildman–Crippen MR) is 92.1 cm³/mol. The molecule has 0 saturated carbocycles. The Morgan fingerprint density at radius 3 is 2.79 bits per heavy atom. The summed E-state index contributed by atoms with van der Waals surface area (Å²) in [6, 6.07) is 7.00. The molecule has 126 valence electrons. The van der Waals surface area contributed by atoms with E-state index in [0.717, 1.165) is 16.3 Å². The summed E-state index contributed by atoms with van der Waals surface area (Å²) in [7, 11) is 0. The summed E-state index contributed by atoms with van der Waals surface area (Å²) in [6.45, 7) is 6.06. The van der Waals surface area contributed by atoms with E-state index in [9.17, 15) is 9.59 Å². The van der Waals surface area contributed by atoms with Gasteiger partial charge in [0.1, 0.15) is 0 Å². The molecule has 2 aromatic rings. The monoisotopic (exact) mass is 344 g/mol. The van der Waals surface area contributed by atoms with Crippen LogP contribution in [0.5, 0.6) is 0 Å². The van der Waals surface area contributed by atoms with Crippen molar-refractivity contribution in [3.63, 3.8) is 0 Å². The first-order valence-corrected chi connectivity index (χ1v) is 8.88. The molecule has 2 heterocycles. The number of fused-ring (bicyclic) bond motifs is 1. The van der Waals surface area contributed by atoms with Gasteiger partial charge in [0, 0.05) is 17.7 Å². The van der Waals surface area contributed by atoms with Gasteiger partial charge in [-0.05, 0) is 18.6 Å². The van der Waals surface area contributed by atoms with E-state index in [1.54, 1.807) is 23.5 Å². The lowest BCUT2D eigenvalue weighted by atomic mass is 9.98. The van der Waals surface area contributed by atoms with Gasteiger partial charge in [0.05, 0.1) is 22.3 Å². The molecule has 1 aromatic carbocycles. The minimum Gasteiger partial charge on any atom is -0.448 e. The quantitative estimate of drug-likeness (QED) is 0.865. The van der Waals surface area contributed by atoms with E-state index in [4.69, 9.17) is 4.74 Å². The van der Waals surface area contributed by atoms with Crippen molar-refractivity contribution in [2.45, 2.75) is 45.3 Å². The Bertz CT molecular complexity index is 769. The second-order valence-corrected chi connectivity index (χ2v) is 7.14. The molecule has 0 spiro atoms. The number of carbonyl (C=O) groups is 2. The van der Waals surface area contributed by atoms with Gasteiger partial charge in [-0.2, -0.15) is 0 Å². The number of rotatable bonds is 4. The van der Waals surface area contributed by atoms with E-state index in [1.165, 1.54) is 0 Å². The minimum atomic E-state index is -0.793. The van der Waals surface area contributed by atoms with E-state index in [2.05, 4.69) is 24.1 Å². The van der Waals surface area contributed by atoms with Gasteiger partial charge in [0.15, 0.2) is 6.10 Å². The molecule has 1 aliphatic rings. The first-order valence-electron chi connectivity index (χ1n) is 8.00. The second kappa shape index (κ2) is 6.73. The van der Waals surface area contributed by atoms with Crippen LogP contribution in [0.3, 0.4) is 0 Å². The summed E-state index contributed by atoms with van der Waals surface area (Å²) in [6.07, 6.45) is -0.396. The van der Waals surface area contributed by atoms with Crippen LogP contribution in [0, 0.1) is 0 Å². The van der Waals surface area contributed by atoms with Crippen molar-refractivity contribution >= 4 is 23.2 Å². The Labute approximate surface area is 145 Å². The van der Waals surface area contributed by atoms with Crippen LogP contribution < -0.4 is 5.32 Å². The number of nitrogens with one attached hydrogen (secondary N) is 1. The third kappa shape index (κ3) is 3.33. The lowest BCUT2D eigenvalue weighted by Gasteiger charge is -2.25. The van der Waals surface area contributed by atoms with Crippen molar-refractivity contribution < 1.29 is 14.3 Å². The number of aromatic nitrogens is 1. The van der Waals surface area contributed by atoms with Crippen LogP contribution in [0.25, 0.3) is 0 Å². The van der Waals surface area contributed by atoms with Crippen LogP contribution in [0.1, 0.15) is 59.4 Å². The number of benzene rings is 1. The van der Waals surface area contributed by atoms with Gasteiger partial charge >= 0.3 is 5.97 Å². The molecule has 6 heteroatoms. The highest BCUT2D eigenvalue weighted by Gasteiger charge is 2.31. The number of cyclic esters (lactones) is 1. The standard InChI is InChI=1S/C18H20N2O3S/c1-10(2)17-20-14(9-24-17)11(3)19-16(21)15-8-12-6-4-5-7-13(12)18(22)23-15/h4-7,9-11,15H,8H2,1-3H3,(H,19,21)/t11-,15-/m1/s1. The fourth-order valence-corrected chi connectivity index (χ4v) is 3.55. The molecular formula is C18H20N2O3S. The second-order valence-electron chi connectivity index (χ2n) is 6.25.